The Bertz CT molecular complexity index is 987. The molecule has 3 aliphatic carbocycles. The number of likely N-dealkylation sites (tertiary alicyclic amines) is 2. The molecule has 2 heterocycles. The molecule has 0 spiro atoms. The van der Waals surface area contributed by atoms with Crippen LogP contribution in [0.1, 0.15) is 88.2 Å². The molecule has 6 heteroatoms. The molecular weight excluding hydrogens is 440 g/mol. The van der Waals surface area contributed by atoms with Gasteiger partial charge in [0.15, 0.2) is 0 Å². The first-order valence-electron chi connectivity index (χ1n) is 14.0. The molecule has 2 amide bonds. The molecule has 1 N–H and O–H groups in total. The fraction of sp³-hybridized carbons (Fsp3) is 0.724. The number of ether oxygens (including phenoxy) is 1. The molecule has 0 radical (unpaired) electrons. The standard InChI is InChI=1S/C29H40N2O4/c1-29-14-11-23-22-8-6-21(18-19(22)5-7-24(23)25(29)9-10-26(29)32)35-28(34)30-16-12-20(13-17-30)31-15-3-2-4-27(31)33/h6,8,18,20,23-26,32H,2-5,7,9-17H2,1H3. The predicted molar refractivity (Wildman–Crippen MR) is 133 cm³/mol. The van der Waals surface area contributed by atoms with Crippen molar-refractivity contribution < 1.29 is 19.4 Å². The molecule has 6 rings (SSSR count). The van der Waals surface area contributed by atoms with Gasteiger partial charge in [-0.25, -0.2) is 4.79 Å². The summed E-state index contributed by atoms with van der Waals surface area (Å²) >= 11 is 0. The lowest BCUT2D eigenvalue weighted by atomic mass is 9.55. The summed E-state index contributed by atoms with van der Waals surface area (Å²) in [5, 5.41) is 10.6. The van der Waals surface area contributed by atoms with Crippen LogP contribution in [0.15, 0.2) is 18.2 Å². The molecule has 2 saturated carbocycles. The van der Waals surface area contributed by atoms with Gasteiger partial charge in [-0.05, 0) is 111 Å². The second-order valence-electron chi connectivity index (χ2n) is 12.0. The number of carbonyl (C=O) groups excluding carboxylic acids is 2. The van der Waals surface area contributed by atoms with E-state index in [0.29, 0.717) is 43.0 Å². The van der Waals surface area contributed by atoms with Crippen LogP contribution in [0, 0.1) is 17.3 Å². The van der Waals surface area contributed by atoms with Crippen molar-refractivity contribution in [2.24, 2.45) is 17.3 Å². The fourth-order valence-electron chi connectivity index (χ4n) is 8.33. The summed E-state index contributed by atoms with van der Waals surface area (Å²) in [6, 6.07) is 6.55. The van der Waals surface area contributed by atoms with Gasteiger partial charge in [0.25, 0.3) is 0 Å². The molecule has 5 aliphatic rings. The largest absolute Gasteiger partial charge is 0.415 e. The smallest absolute Gasteiger partial charge is 0.410 e. The summed E-state index contributed by atoms with van der Waals surface area (Å²) in [6.07, 6.45) is 10.6. The van der Waals surface area contributed by atoms with Crippen LogP contribution < -0.4 is 4.74 Å². The number of nitrogens with zero attached hydrogens (tertiary/aromatic N) is 2. The molecular formula is C29H40N2O4. The summed E-state index contributed by atoms with van der Waals surface area (Å²) in [7, 11) is 0. The third-order valence-corrected chi connectivity index (χ3v) is 10.4. The van der Waals surface area contributed by atoms with Crippen LogP contribution in [-0.2, 0) is 11.2 Å². The van der Waals surface area contributed by atoms with E-state index in [1.54, 1.807) is 4.90 Å². The van der Waals surface area contributed by atoms with E-state index in [1.807, 2.05) is 11.0 Å². The van der Waals surface area contributed by atoms with E-state index in [9.17, 15) is 14.7 Å². The number of rotatable bonds is 2. The zero-order valence-electron chi connectivity index (χ0n) is 21.1. The number of aliphatic hydroxyl groups excluding tert-OH is 1. The van der Waals surface area contributed by atoms with Crippen LogP contribution in [0.25, 0.3) is 0 Å². The van der Waals surface area contributed by atoms with Crippen molar-refractivity contribution in [3.63, 3.8) is 0 Å². The monoisotopic (exact) mass is 480 g/mol. The van der Waals surface area contributed by atoms with E-state index in [1.165, 1.54) is 17.5 Å². The number of hydrogen-bond donors (Lipinski definition) is 1. The van der Waals surface area contributed by atoms with Crippen LogP contribution in [0.4, 0.5) is 4.79 Å². The lowest BCUT2D eigenvalue weighted by Gasteiger charge is -2.50. The van der Waals surface area contributed by atoms with Gasteiger partial charge in [0.2, 0.25) is 5.91 Å². The fourth-order valence-corrected chi connectivity index (χ4v) is 8.33. The van der Waals surface area contributed by atoms with Crippen molar-refractivity contribution in [1.82, 2.24) is 9.80 Å². The average molecular weight is 481 g/mol. The number of piperidine rings is 2. The molecule has 190 valence electrons. The lowest BCUT2D eigenvalue weighted by molar-refractivity contribution is -0.136. The SMILES string of the molecule is CC12CCC3c4ccc(OC(=O)N5CCC(N6CCCCC6=O)CC5)cc4CCC3C1CCC2O. The number of amides is 2. The number of aryl methyl sites for hydroxylation is 1. The van der Waals surface area contributed by atoms with Gasteiger partial charge < -0.3 is 19.6 Å². The summed E-state index contributed by atoms with van der Waals surface area (Å²) in [5.74, 6) is 2.80. The minimum absolute atomic E-state index is 0.100. The molecule has 4 fully saturated rings. The van der Waals surface area contributed by atoms with Crippen molar-refractivity contribution in [2.45, 2.75) is 95.6 Å². The van der Waals surface area contributed by atoms with E-state index in [0.717, 1.165) is 64.3 Å². The van der Waals surface area contributed by atoms with Crippen LogP contribution >= 0.6 is 0 Å². The Morgan fingerprint density at radius 3 is 2.66 bits per heavy atom. The zero-order valence-corrected chi connectivity index (χ0v) is 21.1. The molecule has 5 unspecified atom stereocenters. The van der Waals surface area contributed by atoms with E-state index >= 15 is 0 Å². The van der Waals surface area contributed by atoms with Gasteiger partial charge in [-0.1, -0.05) is 13.0 Å². The third-order valence-electron chi connectivity index (χ3n) is 10.4. The molecule has 35 heavy (non-hydrogen) atoms. The summed E-state index contributed by atoms with van der Waals surface area (Å²) in [4.78, 5) is 29.0. The van der Waals surface area contributed by atoms with E-state index in [4.69, 9.17) is 4.74 Å². The van der Waals surface area contributed by atoms with Crippen LogP contribution in [0.2, 0.25) is 0 Å². The van der Waals surface area contributed by atoms with Crippen LogP contribution in [0.5, 0.6) is 5.75 Å². The highest BCUT2D eigenvalue weighted by Gasteiger charge is 2.54. The van der Waals surface area contributed by atoms with Crippen molar-refractivity contribution >= 4 is 12.0 Å². The van der Waals surface area contributed by atoms with Crippen molar-refractivity contribution in [2.75, 3.05) is 19.6 Å². The Kier molecular flexibility index (Phi) is 6.06. The number of aliphatic hydroxyl groups is 1. The maximum Gasteiger partial charge on any atom is 0.415 e. The third kappa shape index (κ3) is 4.06. The van der Waals surface area contributed by atoms with Crippen LogP contribution in [-0.4, -0.2) is 58.7 Å². The average Bonchev–Trinajstić information content (AvgIpc) is 3.18. The van der Waals surface area contributed by atoms with Gasteiger partial charge in [-0.15, -0.1) is 0 Å². The topological polar surface area (TPSA) is 70.1 Å². The van der Waals surface area contributed by atoms with E-state index < -0.39 is 0 Å². The number of carbonyl (C=O) groups is 2. The minimum Gasteiger partial charge on any atom is -0.410 e. The Morgan fingerprint density at radius 2 is 1.86 bits per heavy atom. The van der Waals surface area contributed by atoms with Gasteiger partial charge in [0.1, 0.15) is 5.75 Å². The van der Waals surface area contributed by atoms with Gasteiger partial charge in [0, 0.05) is 32.1 Å². The first-order chi connectivity index (χ1) is 16.9. The van der Waals surface area contributed by atoms with Crippen molar-refractivity contribution in [1.29, 1.82) is 0 Å². The number of benzene rings is 1. The van der Waals surface area contributed by atoms with E-state index in [2.05, 4.69) is 19.1 Å². The normalized spacial score (nSPS) is 35.3. The number of hydrogen-bond acceptors (Lipinski definition) is 4. The minimum atomic E-state index is -0.268. The first kappa shape index (κ1) is 23.3. The van der Waals surface area contributed by atoms with Crippen molar-refractivity contribution in [3.8, 4) is 5.75 Å². The summed E-state index contributed by atoms with van der Waals surface area (Å²) < 4.78 is 5.83. The Hall–Kier alpha value is -2.08. The number of fused-ring (bicyclic) bond motifs is 5. The molecule has 6 nitrogen and oxygen atoms in total. The van der Waals surface area contributed by atoms with Gasteiger partial charge >= 0.3 is 6.09 Å². The molecule has 0 aromatic heterocycles. The molecule has 1 aromatic carbocycles. The Balaban J connectivity index is 1.08. The van der Waals surface area contributed by atoms with Gasteiger partial charge in [-0.3, -0.25) is 4.79 Å². The van der Waals surface area contributed by atoms with Gasteiger partial charge in [0.05, 0.1) is 6.10 Å². The lowest BCUT2D eigenvalue weighted by Crippen LogP contribution is -2.50. The maximum absolute atomic E-state index is 12.9. The molecule has 0 bridgehead atoms. The molecule has 5 atom stereocenters. The first-order valence-corrected chi connectivity index (χ1v) is 14.0. The highest BCUT2D eigenvalue weighted by molar-refractivity contribution is 5.77. The summed E-state index contributed by atoms with van der Waals surface area (Å²) in [5.41, 5.74) is 2.88. The Labute approximate surface area is 209 Å². The highest BCUT2D eigenvalue weighted by atomic mass is 16.6. The summed E-state index contributed by atoms with van der Waals surface area (Å²) in [6.45, 7) is 4.48. The second-order valence-corrected chi connectivity index (χ2v) is 12.0. The molecule has 2 saturated heterocycles. The van der Waals surface area contributed by atoms with Gasteiger partial charge in [-0.2, -0.15) is 0 Å². The predicted octanol–water partition coefficient (Wildman–Crippen LogP) is 4.88. The zero-order chi connectivity index (χ0) is 24.2. The highest BCUT2D eigenvalue weighted by Crippen LogP contribution is 2.60. The molecule has 1 aromatic rings. The van der Waals surface area contributed by atoms with Crippen molar-refractivity contribution in [3.05, 3.63) is 29.3 Å². The molecule has 2 aliphatic heterocycles. The quantitative estimate of drug-likeness (QED) is 0.655. The van der Waals surface area contributed by atoms with E-state index in [-0.39, 0.29) is 29.6 Å². The van der Waals surface area contributed by atoms with Crippen LogP contribution in [0.3, 0.4) is 0 Å². The maximum atomic E-state index is 12.9. The Morgan fingerprint density at radius 1 is 1.03 bits per heavy atom. The second kappa shape index (κ2) is 9.10.